The number of carbonyl (C=O) groups is 1. The predicted molar refractivity (Wildman–Crippen MR) is 104 cm³/mol. The van der Waals surface area contributed by atoms with E-state index in [4.69, 9.17) is 0 Å². The number of carbonyl (C=O) groups excluding carboxylic acids is 1. The monoisotopic (exact) mass is 349 g/mol. The molecule has 0 unspecified atom stereocenters. The average Bonchev–Trinajstić information content (AvgIpc) is 2.92. The quantitative estimate of drug-likeness (QED) is 0.729. The average molecular weight is 349 g/mol. The minimum Gasteiger partial charge on any atom is -0.311 e. The van der Waals surface area contributed by atoms with E-state index in [1.807, 2.05) is 48.2 Å². The summed E-state index contributed by atoms with van der Waals surface area (Å²) in [6, 6.07) is 13.9. The van der Waals surface area contributed by atoms with Crippen LogP contribution in [0.25, 0.3) is 11.0 Å². The smallest absolute Gasteiger partial charge is 0.311 e. The van der Waals surface area contributed by atoms with Crippen LogP contribution < -0.4 is 10.6 Å². The first-order chi connectivity index (χ1) is 12.6. The van der Waals surface area contributed by atoms with Crippen molar-refractivity contribution in [3.8, 4) is 0 Å². The second-order valence-corrected chi connectivity index (χ2v) is 6.88. The fourth-order valence-corrected chi connectivity index (χ4v) is 3.94. The molecule has 134 valence electrons. The van der Waals surface area contributed by atoms with Crippen LogP contribution in [0.15, 0.2) is 47.3 Å². The highest BCUT2D eigenvalue weighted by molar-refractivity contribution is 5.95. The number of fused-ring (bicyclic) bond motifs is 2. The molecule has 3 aromatic rings. The van der Waals surface area contributed by atoms with Crippen molar-refractivity contribution in [1.82, 2.24) is 9.13 Å². The van der Waals surface area contributed by atoms with Gasteiger partial charge in [0.25, 0.3) is 0 Å². The summed E-state index contributed by atoms with van der Waals surface area (Å²) in [5.41, 5.74) is 4.98. The number of hydrogen-bond acceptors (Lipinski definition) is 2. The zero-order valence-electron chi connectivity index (χ0n) is 15.2. The Bertz CT molecular complexity index is 1050. The van der Waals surface area contributed by atoms with Gasteiger partial charge in [0, 0.05) is 18.8 Å². The van der Waals surface area contributed by atoms with E-state index in [0.29, 0.717) is 13.1 Å². The maximum Gasteiger partial charge on any atom is 0.329 e. The number of hydrogen-bond donors (Lipinski definition) is 0. The second-order valence-electron chi connectivity index (χ2n) is 6.88. The summed E-state index contributed by atoms with van der Waals surface area (Å²) >= 11 is 0. The Balaban J connectivity index is 1.72. The van der Waals surface area contributed by atoms with Gasteiger partial charge >= 0.3 is 5.69 Å². The van der Waals surface area contributed by atoms with Gasteiger partial charge in [-0.3, -0.25) is 13.9 Å². The van der Waals surface area contributed by atoms with Crippen molar-refractivity contribution >= 4 is 22.6 Å². The molecule has 1 aliphatic rings. The number of anilines is 1. The number of aromatic nitrogens is 2. The highest BCUT2D eigenvalue weighted by Gasteiger charge is 2.24. The van der Waals surface area contributed by atoms with Crippen LogP contribution in [0.5, 0.6) is 0 Å². The van der Waals surface area contributed by atoms with Crippen molar-refractivity contribution in [3.63, 3.8) is 0 Å². The molecule has 2 heterocycles. The van der Waals surface area contributed by atoms with E-state index in [-0.39, 0.29) is 18.1 Å². The molecule has 5 nitrogen and oxygen atoms in total. The van der Waals surface area contributed by atoms with Gasteiger partial charge in [-0.25, -0.2) is 4.79 Å². The lowest BCUT2D eigenvalue weighted by Gasteiger charge is -2.30. The third-order valence-electron chi connectivity index (χ3n) is 5.19. The van der Waals surface area contributed by atoms with E-state index in [9.17, 15) is 9.59 Å². The van der Waals surface area contributed by atoms with Crippen LogP contribution in [-0.2, 0) is 24.3 Å². The predicted octanol–water partition coefficient (Wildman–Crippen LogP) is 3.11. The fraction of sp³-hybridized carbons (Fsp3) is 0.333. The lowest BCUT2D eigenvalue weighted by molar-refractivity contribution is -0.119. The highest BCUT2D eigenvalue weighted by atomic mass is 16.2. The number of aryl methyl sites for hydroxylation is 3. The Morgan fingerprint density at radius 2 is 1.81 bits per heavy atom. The summed E-state index contributed by atoms with van der Waals surface area (Å²) in [6.45, 7) is 5.38. The summed E-state index contributed by atoms with van der Waals surface area (Å²) in [6.07, 6.45) is 1.95. The van der Waals surface area contributed by atoms with Crippen LogP contribution >= 0.6 is 0 Å². The summed E-state index contributed by atoms with van der Waals surface area (Å²) in [5, 5.41) is 0. The molecule has 0 bridgehead atoms. The lowest BCUT2D eigenvalue weighted by atomic mass is 9.99. The molecule has 0 N–H and O–H groups in total. The Morgan fingerprint density at radius 3 is 2.54 bits per heavy atom. The zero-order valence-corrected chi connectivity index (χ0v) is 15.2. The largest absolute Gasteiger partial charge is 0.329 e. The van der Waals surface area contributed by atoms with Crippen molar-refractivity contribution in [3.05, 3.63) is 64.1 Å². The Hall–Kier alpha value is -2.82. The molecule has 4 rings (SSSR count). The van der Waals surface area contributed by atoms with Crippen LogP contribution in [0, 0.1) is 6.92 Å². The molecule has 1 aliphatic heterocycles. The Morgan fingerprint density at radius 1 is 1.08 bits per heavy atom. The van der Waals surface area contributed by atoms with Gasteiger partial charge in [-0.1, -0.05) is 29.8 Å². The number of para-hydroxylation sites is 2. The van der Waals surface area contributed by atoms with Gasteiger partial charge in [0.1, 0.15) is 6.54 Å². The molecule has 26 heavy (non-hydrogen) atoms. The van der Waals surface area contributed by atoms with E-state index in [1.54, 1.807) is 9.13 Å². The first-order valence-electron chi connectivity index (χ1n) is 9.18. The van der Waals surface area contributed by atoms with Crippen molar-refractivity contribution in [2.24, 2.45) is 0 Å². The van der Waals surface area contributed by atoms with Gasteiger partial charge in [-0.15, -0.1) is 0 Å². The molecule has 5 heteroatoms. The van der Waals surface area contributed by atoms with Gasteiger partial charge in [0.05, 0.1) is 11.0 Å². The highest BCUT2D eigenvalue weighted by Crippen LogP contribution is 2.28. The van der Waals surface area contributed by atoms with Crippen LogP contribution in [-0.4, -0.2) is 21.6 Å². The molecule has 1 aromatic heterocycles. The summed E-state index contributed by atoms with van der Waals surface area (Å²) in [7, 11) is 0. The summed E-state index contributed by atoms with van der Waals surface area (Å²) in [5.74, 6) is -0.0316. The van der Waals surface area contributed by atoms with Gasteiger partial charge in [-0.2, -0.15) is 0 Å². The zero-order chi connectivity index (χ0) is 18.3. The normalized spacial score (nSPS) is 13.8. The van der Waals surface area contributed by atoms with E-state index in [1.165, 1.54) is 11.1 Å². The van der Waals surface area contributed by atoms with Gasteiger partial charge in [0.15, 0.2) is 0 Å². The number of imidazole rings is 1. The number of amides is 1. The molecule has 0 saturated carbocycles. The van der Waals surface area contributed by atoms with E-state index >= 15 is 0 Å². The topological polar surface area (TPSA) is 47.2 Å². The minimum absolute atomic E-state index is 0.0316. The van der Waals surface area contributed by atoms with Crippen LogP contribution in [0.2, 0.25) is 0 Å². The molecular weight excluding hydrogens is 326 g/mol. The van der Waals surface area contributed by atoms with Gasteiger partial charge < -0.3 is 4.90 Å². The first kappa shape index (κ1) is 16.6. The molecule has 2 aromatic carbocycles. The van der Waals surface area contributed by atoms with Crippen molar-refractivity contribution in [1.29, 1.82) is 0 Å². The molecule has 1 amide bonds. The van der Waals surface area contributed by atoms with Gasteiger partial charge in [0.2, 0.25) is 5.91 Å². The molecule has 0 atom stereocenters. The molecule has 0 saturated heterocycles. The van der Waals surface area contributed by atoms with Crippen LogP contribution in [0.3, 0.4) is 0 Å². The third-order valence-corrected chi connectivity index (χ3v) is 5.19. The number of nitrogens with zero attached hydrogens (tertiary/aromatic N) is 3. The standard InChI is InChI=1S/C21H23N3O2/c1-3-22-18-8-4-5-9-19(18)24(21(22)26)14-20(25)23-12-6-7-16-13-15(2)10-11-17(16)23/h4-5,8-11,13H,3,6-7,12,14H2,1-2H3. The maximum atomic E-state index is 13.1. The first-order valence-corrected chi connectivity index (χ1v) is 9.18. The lowest BCUT2D eigenvalue weighted by Crippen LogP contribution is -2.39. The van der Waals surface area contributed by atoms with E-state index in [0.717, 1.165) is 29.6 Å². The minimum atomic E-state index is -0.122. The summed E-state index contributed by atoms with van der Waals surface area (Å²) in [4.78, 5) is 27.7. The maximum absolute atomic E-state index is 13.1. The molecule has 0 fully saturated rings. The number of benzene rings is 2. The van der Waals surface area contributed by atoms with Crippen molar-refractivity contribution in [2.45, 2.75) is 39.8 Å². The van der Waals surface area contributed by atoms with Gasteiger partial charge in [-0.05, 0) is 50.5 Å². The molecule has 0 radical (unpaired) electrons. The van der Waals surface area contributed by atoms with Crippen molar-refractivity contribution < 1.29 is 4.79 Å². The summed E-state index contributed by atoms with van der Waals surface area (Å²) < 4.78 is 3.32. The molecule has 0 aliphatic carbocycles. The van der Waals surface area contributed by atoms with Crippen molar-refractivity contribution in [2.75, 3.05) is 11.4 Å². The second kappa shape index (κ2) is 6.48. The number of rotatable bonds is 3. The van der Waals surface area contributed by atoms with E-state index in [2.05, 4.69) is 13.0 Å². The van der Waals surface area contributed by atoms with Crippen LogP contribution in [0.1, 0.15) is 24.5 Å². The molecule has 0 spiro atoms. The van der Waals surface area contributed by atoms with E-state index < -0.39 is 0 Å². The fourth-order valence-electron chi connectivity index (χ4n) is 3.94. The third kappa shape index (κ3) is 2.64. The SMILES string of the molecule is CCn1c(=O)n(CC(=O)N2CCCc3cc(C)ccc32)c2ccccc21. The molecular formula is C21H23N3O2. The van der Waals surface area contributed by atoms with Crippen LogP contribution in [0.4, 0.5) is 5.69 Å². The Labute approximate surface area is 152 Å². The Kier molecular flexibility index (Phi) is 4.15.